The second-order valence-corrected chi connectivity index (χ2v) is 7.23. The third kappa shape index (κ3) is 6.92. The first-order valence-electron chi connectivity index (χ1n) is 9.32. The van der Waals surface area contributed by atoms with Crippen LogP contribution in [0.25, 0.3) is 0 Å². The van der Waals surface area contributed by atoms with Gasteiger partial charge in [0.2, 0.25) is 0 Å². The first kappa shape index (κ1) is 18.3. The number of hydrogen-bond acceptors (Lipinski definition) is 3. The fourth-order valence-corrected chi connectivity index (χ4v) is 3.17. The Labute approximate surface area is 142 Å². The van der Waals surface area contributed by atoms with Crippen molar-refractivity contribution in [3.05, 3.63) is 29.8 Å². The molecule has 1 saturated heterocycles. The Hall–Kier alpha value is -1.06. The zero-order valence-electron chi connectivity index (χ0n) is 15.2. The second-order valence-electron chi connectivity index (χ2n) is 7.23. The molecule has 2 rings (SSSR count). The fraction of sp³-hybridized carbons (Fsp3) is 0.700. The number of piperidine rings is 1. The number of ether oxygens (including phenoxy) is 1. The van der Waals surface area contributed by atoms with Crippen LogP contribution in [0.1, 0.15) is 45.6 Å². The van der Waals surface area contributed by atoms with Gasteiger partial charge < -0.3 is 10.1 Å². The number of likely N-dealkylation sites (tertiary alicyclic amines) is 1. The van der Waals surface area contributed by atoms with Gasteiger partial charge in [0.05, 0.1) is 6.61 Å². The van der Waals surface area contributed by atoms with Crippen LogP contribution in [0.5, 0.6) is 5.75 Å². The van der Waals surface area contributed by atoms with Crippen molar-refractivity contribution in [3.8, 4) is 5.75 Å². The van der Waals surface area contributed by atoms with Crippen LogP contribution in [0.2, 0.25) is 0 Å². The molecule has 1 aromatic carbocycles. The molecule has 1 unspecified atom stereocenters. The van der Waals surface area contributed by atoms with E-state index in [1.807, 2.05) is 0 Å². The summed E-state index contributed by atoms with van der Waals surface area (Å²) >= 11 is 0. The van der Waals surface area contributed by atoms with Crippen molar-refractivity contribution in [2.24, 2.45) is 11.8 Å². The molecule has 130 valence electrons. The average Bonchev–Trinajstić information content (AvgIpc) is 2.55. The monoisotopic (exact) mass is 318 g/mol. The van der Waals surface area contributed by atoms with Gasteiger partial charge >= 0.3 is 0 Å². The molecule has 1 fully saturated rings. The lowest BCUT2D eigenvalue weighted by atomic mass is 9.97. The molecule has 1 atom stereocenters. The van der Waals surface area contributed by atoms with Gasteiger partial charge in [-0.25, -0.2) is 0 Å². The summed E-state index contributed by atoms with van der Waals surface area (Å²) in [5.41, 5.74) is 1.39. The van der Waals surface area contributed by atoms with E-state index in [0.717, 1.165) is 44.3 Å². The van der Waals surface area contributed by atoms with Crippen molar-refractivity contribution < 1.29 is 4.74 Å². The summed E-state index contributed by atoms with van der Waals surface area (Å²) in [5, 5.41) is 3.49. The molecular formula is C20H34N2O. The van der Waals surface area contributed by atoms with Crippen LogP contribution in [0.3, 0.4) is 0 Å². The molecule has 23 heavy (non-hydrogen) atoms. The predicted molar refractivity (Wildman–Crippen MR) is 97.9 cm³/mol. The molecule has 3 nitrogen and oxygen atoms in total. The summed E-state index contributed by atoms with van der Waals surface area (Å²) in [6, 6.07) is 8.68. The Bertz CT molecular complexity index is 430. The zero-order valence-corrected chi connectivity index (χ0v) is 15.2. The van der Waals surface area contributed by atoms with Crippen molar-refractivity contribution >= 4 is 0 Å². The molecule has 1 heterocycles. The van der Waals surface area contributed by atoms with Crippen LogP contribution in [0, 0.1) is 11.8 Å². The third-order valence-electron chi connectivity index (χ3n) is 4.58. The minimum Gasteiger partial charge on any atom is -0.494 e. The molecule has 0 saturated carbocycles. The largest absolute Gasteiger partial charge is 0.494 e. The van der Waals surface area contributed by atoms with Gasteiger partial charge in [0.25, 0.3) is 0 Å². The molecular weight excluding hydrogens is 284 g/mol. The highest BCUT2D eigenvalue weighted by molar-refractivity contribution is 5.27. The van der Waals surface area contributed by atoms with Gasteiger partial charge in [-0.2, -0.15) is 0 Å². The third-order valence-corrected chi connectivity index (χ3v) is 4.58. The minimum atomic E-state index is 0.698. The Morgan fingerprint density at radius 1 is 1.26 bits per heavy atom. The minimum absolute atomic E-state index is 0.698. The normalized spacial score (nSPS) is 19.2. The van der Waals surface area contributed by atoms with Crippen LogP contribution in [0.15, 0.2) is 24.3 Å². The van der Waals surface area contributed by atoms with Gasteiger partial charge in [0, 0.05) is 13.1 Å². The molecule has 1 aliphatic rings. The Morgan fingerprint density at radius 3 is 2.74 bits per heavy atom. The van der Waals surface area contributed by atoms with E-state index in [-0.39, 0.29) is 0 Å². The highest BCUT2D eigenvalue weighted by Gasteiger charge is 2.19. The van der Waals surface area contributed by atoms with Crippen molar-refractivity contribution in [2.45, 2.75) is 46.6 Å². The van der Waals surface area contributed by atoms with E-state index in [0.29, 0.717) is 5.92 Å². The van der Waals surface area contributed by atoms with Gasteiger partial charge in [0.1, 0.15) is 5.75 Å². The fourth-order valence-electron chi connectivity index (χ4n) is 3.17. The maximum atomic E-state index is 5.80. The van der Waals surface area contributed by atoms with Crippen molar-refractivity contribution in [2.75, 3.05) is 32.8 Å². The first-order valence-corrected chi connectivity index (χ1v) is 9.32. The maximum Gasteiger partial charge on any atom is 0.119 e. The summed E-state index contributed by atoms with van der Waals surface area (Å²) in [7, 11) is 0. The molecule has 1 aliphatic heterocycles. The highest BCUT2D eigenvalue weighted by Crippen LogP contribution is 2.19. The molecule has 0 radical (unpaired) electrons. The Morgan fingerprint density at radius 2 is 2.04 bits per heavy atom. The SMILES string of the molecule is CCNCC1CCCN(Cc2ccc(OCCC(C)C)cc2)C1. The van der Waals surface area contributed by atoms with Crippen LogP contribution >= 0.6 is 0 Å². The summed E-state index contributed by atoms with van der Waals surface area (Å²) in [4.78, 5) is 2.60. The molecule has 0 spiro atoms. The Kier molecular flexibility index (Phi) is 7.90. The molecule has 0 bridgehead atoms. The average molecular weight is 319 g/mol. The van der Waals surface area contributed by atoms with E-state index in [9.17, 15) is 0 Å². The van der Waals surface area contributed by atoms with Gasteiger partial charge in [-0.3, -0.25) is 4.90 Å². The number of benzene rings is 1. The number of hydrogen-bond donors (Lipinski definition) is 1. The second kappa shape index (κ2) is 9.94. The van der Waals surface area contributed by atoms with E-state index in [1.54, 1.807) is 0 Å². The smallest absolute Gasteiger partial charge is 0.119 e. The van der Waals surface area contributed by atoms with Crippen LogP contribution in [0.4, 0.5) is 0 Å². The van der Waals surface area contributed by atoms with Gasteiger partial charge in [-0.15, -0.1) is 0 Å². The van der Waals surface area contributed by atoms with E-state index in [1.165, 1.54) is 31.5 Å². The molecule has 3 heteroatoms. The van der Waals surface area contributed by atoms with Crippen LogP contribution in [-0.4, -0.2) is 37.7 Å². The lowest BCUT2D eigenvalue weighted by Crippen LogP contribution is -2.39. The van der Waals surface area contributed by atoms with Gasteiger partial charge in [-0.05, 0) is 68.4 Å². The summed E-state index contributed by atoms with van der Waals surface area (Å²) < 4.78 is 5.80. The van der Waals surface area contributed by atoms with E-state index in [2.05, 4.69) is 55.3 Å². The van der Waals surface area contributed by atoms with Crippen molar-refractivity contribution in [3.63, 3.8) is 0 Å². The number of nitrogens with one attached hydrogen (secondary N) is 1. The summed E-state index contributed by atoms with van der Waals surface area (Å²) in [6.07, 6.45) is 3.81. The molecule has 1 aromatic rings. The molecule has 1 N–H and O–H groups in total. The van der Waals surface area contributed by atoms with Crippen molar-refractivity contribution in [1.29, 1.82) is 0 Å². The van der Waals surface area contributed by atoms with Crippen LogP contribution in [-0.2, 0) is 6.54 Å². The molecule has 0 amide bonds. The van der Waals surface area contributed by atoms with E-state index < -0.39 is 0 Å². The standard InChI is InChI=1S/C20H34N2O/c1-4-21-14-19-6-5-12-22(16-19)15-18-7-9-20(10-8-18)23-13-11-17(2)3/h7-10,17,19,21H,4-6,11-16H2,1-3H3. The quantitative estimate of drug-likeness (QED) is 0.746. The topological polar surface area (TPSA) is 24.5 Å². The summed E-state index contributed by atoms with van der Waals surface area (Å²) in [5.74, 6) is 2.50. The molecule has 0 aromatic heterocycles. The number of rotatable bonds is 9. The predicted octanol–water partition coefficient (Wildman–Crippen LogP) is 3.93. The van der Waals surface area contributed by atoms with E-state index in [4.69, 9.17) is 4.74 Å². The molecule has 0 aliphatic carbocycles. The maximum absolute atomic E-state index is 5.80. The van der Waals surface area contributed by atoms with Gasteiger partial charge in [0.15, 0.2) is 0 Å². The lowest BCUT2D eigenvalue weighted by molar-refractivity contribution is 0.166. The first-order chi connectivity index (χ1) is 11.2. The summed E-state index contributed by atoms with van der Waals surface area (Å²) in [6.45, 7) is 13.2. The number of nitrogens with zero attached hydrogens (tertiary/aromatic N) is 1. The van der Waals surface area contributed by atoms with Gasteiger partial charge in [-0.1, -0.05) is 32.9 Å². The lowest BCUT2D eigenvalue weighted by Gasteiger charge is -2.32. The zero-order chi connectivity index (χ0) is 16.5. The van der Waals surface area contributed by atoms with Crippen molar-refractivity contribution in [1.82, 2.24) is 10.2 Å². The van der Waals surface area contributed by atoms with E-state index >= 15 is 0 Å². The van der Waals surface area contributed by atoms with Crippen LogP contribution < -0.4 is 10.1 Å². The Balaban J connectivity index is 1.76. The highest BCUT2D eigenvalue weighted by atomic mass is 16.5.